The van der Waals surface area contributed by atoms with Crippen LogP contribution in [0.5, 0.6) is 0 Å². The molecule has 0 saturated carbocycles. The van der Waals surface area contributed by atoms with Crippen molar-refractivity contribution in [3.8, 4) is 0 Å². The Labute approximate surface area is 333 Å². The fraction of sp³-hybridized carbons (Fsp3) is 0.586. The van der Waals surface area contributed by atoms with Gasteiger partial charge >= 0.3 is 0 Å². The maximum absolute atomic E-state index is 12.6. The minimum absolute atomic E-state index is 0.0232. The molecule has 4 heterocycles. The molecule has 0 aromatic carbocycles. The van der Waals surface area contributed by atoms with E-state index >= 15 is 0 Å². The van der Waals surface area contributed by atoms with Gasteiger partial charge in [-0.15, -0.1) is 0 Å². The molecule has 2 aliphatic heterocycles. The van der Waals surface area contributed by atoms with Crippen molar-refractivity contribution in [3.05, 3.63) is 37.0 Å². The Morgan fingerprint density at radius 3 is 2.52 bits per heavy atom. The molecule has 2 amide bonds. The average Bonchev–Trinajstić information content (AvgIpc) is 3.55. The predicted octanol–water partition coefficient (Wildman–Crippen LogP) is -3.21. The highest BCUT2D eigenvalue weighted by Gasteiger charge is 2.55. The van der Waals surface area contributed by atoms with E-state index in [0.29, 0.717) is 5.75 Å². The number of anilines is 1. The largest absolute Gasteiger partial charge is 0.790 e. The van der Waals surface area contributed by atoms with Gasteiger partial charge in [0.05, 0.1) is 33.8 Å². The van der Waals surface area contributed by atoms with Gasteiger partial charge in [0.15, 0.2) is 22.8 Å². The fourth-order valence-corrected chi connectivity index (χ4v) is 9.17. The van der Waals surface area contributed by atoms with Crippen molar-refractivity contribution >= 4 is 69.1 Å². The van der Waals surface area contributed by atoms with Gasteiger partial charge in [0, 0.05) is 30.7 Å². The smallest absolute Gasteiger partial charge is 0.274 e. The molecule has 2 aromatic heterocycles. The molecular formula is C29H38N7O18P3S-4. The van der Waals surface area contributed by atoms with E-state index in [0.717, 1.165) is 29.0 Å². The molecule has 25 nitrogen and oxygen atoms in total. The lowest BCUT2D eigenvalue weighted by molar-refractivity contribution is -0.347. The number of rotatable bonds is 21. The first-order valence-corrected chi connectivity index (χ1v) is 22.4. The zero-order chi connectivity index (χ0) is 42.7. The SMILES string of the molecule is CC(C)(COP(=O)([O-])OP(=O)([O-])OC[C@H]1O[C@@H](n2cnc3c(N)ncnc32)[C@H](O)[C@@H]1OP(=O)([O-])[O-])[C@@H](O)C(=O)NCCC(=O)NCCSC(=O)CC12C=CC=CC1O2. The summed E-state index contributed by atoms with van der Waals surface area (Å²) in [6.45, 7) is 0.0445. The van der Waals surface area contributed by atoms with Gasteiger partial charge in [0.25, 0.3) is 15.6 Å². The molecule has 322 valence electrons. The number of carbonyl (C=O) groups is 3. The van der Waals surface area contributed by atoms with Gasteiger partial charge in [-0.05, 0) is 6.08 Å². The van der Waals surface area contributed by atoms with Crippen molar-refractivity contribution in [2.24, 2.45) is 5.41 Å². The van der Waals surface area contributed by atoms with Gasteiger partial charge in [-0.25, -0.2) is 19.3 Å². The second-order valence-electron chi connectivity index (χ2n) is 13.6. The number of nitrogens with zero attached hydrogens (tertiary/aromatic N) is 4. The molecule has 2 saturated heterocycles. The van der Waals surface area contributed by atoms with E-state index in [2.05, 4.69) is 43.5 Å². The number of fused-ring (bicyclic) bond motifs is 2. The van der Waals surface area contributed by atoms with Crippen molar-refractivity contribution in [1.82, 2.24) is 30.2 Å². The Bertz CT molecular complexity index is 2070. The van der Waals surface area contributed by atoms with E-state index < -0.39 is 90.2 Å². The van der Waals surface area contributed by atoms with Crippen LogP contribution in [0.25, 0.3) is 11.2 Å². The maximum atomic E-state index is 12.6. The summed E-state index contributed by atoms with van der Waals surface area (Å²) in [6, 6.07) is 0. The minimum Gasteiger partial charge on any atom is -0.790 e. The molecule has 2 fully saturated rings. The highest BCUT2D eigenvalue weighted by atomic mass is 32.2. The third kappa shape index (κ3) is 12.1. The van der Waals surface area contributed by atoms with Crippen LogP contribution in [0, 0.1) is 5.41 Å². The van der Waals surface area contributed by atoms with E-state index in [1.165, 1.54) is 13.8 Å². The van der Waals surface area contributed by atoms with Crippen LogP contribution in [0.15, 0.2) is 37.0 Å². The van der Waals surface area contributed by atoms with Gasteiger partial charge in [-0.3, -0.25) is 28.1 Å². The molecule has 29 heteroatoms. The number of nitrogen functional groups attached to an aromatic ring is 1. The number of aliphatic hydroxyl groups excluding tert-OH is 2. The van der Waals surface area contributed by atoms with Gasteiger partial charge in [0.2, 0.25) is 11.8 Å². The lowest BCUT2D eigenvalue weighted by Crippen LogP contribution is -2.46. The number of phosphoric ester groups is 3. The zero-order valence-corrected chi connectivity index (χ0v) is 33.9. The van der Waals surface area contributed by atoms with Crippen molar-refractivity contribution in [1.29, 1.82) is 0 Å². The molecule has 3 aliphatic rings. The second kappa shape index (κ2) is 18.3. The van der Waals surface area contributed by atoms with Crippen molar-refractivity contribution < 1.29 is 85.2 Å². The van der Waals surface area contributed by atoms with Gasteiger partial charge in [-0.1, -0.05) is 43.8 Å². The number of aliphatic hydroxyl groups is 2. The topological polar surface area (TPSA) is 387 Å². The van der Waals surface area contributed by atoms with Crippen molar-refractivity contribution in [2.75, 3.05) is 37.8 Å². The molecule has 9 atom stereocenters. The lowest BCUT2D eigenvalue weighted by atomic mass is 9.87. The summed E-state index contributed by atoms with van der Waals surface area (Å²) in [5, 5.41) is 26.1. The first kappa shape index (κ1) is 46.1. The van der Waals surface area contributed by atoms with Crippen LogP contribution in [0.4, 0.5) is 5.82 Å². The molecule has 4 unspecified atom stereocenters. The summed E-state index contributed by atoms with van der Waals surface area (Å²) < 4.78 is 66.1. The minimum atomic E-state index is -5.92. The number of ether oxygens (including phenoxy) is 2. The molecule has 0 bridgehead atoms. The predicted molar refractivity (Wildman–Crippen MR) is 189 cm³/mol. The third-order valence-corrected chi connectivity index (χ3v) is 12.6. The number of phosphoric acid groups is 3. The molecule has 5 rings (SSSR count). The molecule has 0 spiro atoms. The van der Waals surface area contributed by atoms with E-state index in [9.17, 15) is 57.9 Å². The second-order valence-corrected chi connectivity index (χ2v) is 18.8. The van der Waals surface area contributed by atoms with E-state index in [1.807, 2.05) is 24.3 Å². The van der Waals surface area contributed by atoms with Crippen LogP contribution in [0.2, 0.25) is 0 Å². The number of hydrogen-bond acceptors (Lipinski definition) is 23. The fourth-order valence-electron chi connectivity index (χ4n) is 5.67. The Hall–Kier alpha value is -3.00. The summed E-state index contributed by atoms with van der Waals surface area (Å²) in [7, 11) is -17.6. The Morgan fingerprint density at radius 2 is 1.81 bits per heavy atom. The van der Waals surface area contributed by atoms with Crippen LogP contribution in [-0.4, -0.2) is 115 Å². The number of carbonyl (C=O) groups excluding carboxylic acids is 3. The number of amides is 2. The summed E-state index contributed by atoms with van der Waals surface area (Å²) in [6.07, 6.45) is -0.174. The highest BCUT2D eigenvalue weighted by Crippen LogP contribution is 2.56. The highest BCUT2D eigenvalue weighted by molar-refractivity contribution is 8.13. The zero-order valence-electron chi connectivity index (χ0n) is 30.4. The van der Waals surface area contributed by atoms with Crippen molar-refractivity contribution in [3.63, 3.8) is 0 Å². The van der Waals surface area contributed by atoms with E-state index in [-0.39, 0.29) is 54.1 Å². The number of allylic oxidation sites excluding steroid dienone is 2. The summed E-state index contributed by atoms with van der Waals surface area (Å²) in [5.41, 5.74) is 3.47. The molecule has 2 aromatic rings. The van der Waals surface area contributed by atoms with Crippen LogP contribution in [0.1, 0.15) is 32.9 Å². The first-order chi connectivity index (χ1) is 27.0. The van der Waals surface area contributed by atoms with Crippen molar-refractivity contribution in [2.45, 2.75) is 69.0 Å². The normalized spacial score (nSPS) is 26.7. The number of nitrogens with two attached hydrogens (primary N) is 1. The molecular weight excluding hydrogens is 859 g/mol. The summed E-state index contributed by atoms with van der Waals surface area (Å²) >= 11 is 1.04. The number of hydrogen-bond donors (Lipinski definition) is 5. The van der Waals surface area contributed by atoms with Crippen LogP contribution < -0.4 is 35.9 Å². The van der Waals surface area contributed by atoms with Gasteiger partial charge in [0.1, 0.15) is 48.0 Å². The molecule has 58 heavy (non-hydrogen) atoms. The summed E-state index contributed by atoms with van der Waals surface area (Å²) in [5.74, 6) is -1.27. The monoisotopic (exact) mass is 897 g/mol. The Morgan fingerprint density at radius 1 is 1.09 bits per heavy atom. The number of epoxide rings is 1. The van der Waals surface area contributed by atoms with Gasteiger partial charge in [-0.2, -0.15) is 0 Å². The van der Waals surface area contributed by atoms with E-state index in [4.69, 9.17) is 15.2 Å². The number of nitrogens with one attached hydrogen (secondary N) is 2. The maximum Gasteiger partial charge on any atom is 0.274 e. The Balaban J connectivity index is 1.04. The number of thioether (sulfide) groups is 1. The van der Waals surface area contributed by atoms with Crippen LogP contribution in [-0.2, 0) is 55.4 Å². The lowest BCUT2D eigenvalue weighted by Gasteiger charge is -2.36. The van der Waals surface area contributed by atoms with E-state index in [1.54, 1.807) is 0 Å². The number of imidazole rings is 1. The summed E-state index contributed by atoms with van der Waals surface area (Å²) in [4.78, 5) is 96.5. The van der Waals surface area contributed by atoms with Crippen LogP contribution in [0.3, 0.4) is 0 Å². The van der Waals surface area contributed by atoms with Gasteiger partial charge < -0.3 is 73.8 Å². The standard InChI is InChI=1S/C29H42N7O18P3S/c1-28(2,23(40)26(41)32-8-6-18(37)31-9-10-58-19(38)11-29-7-4-3-5-17(29)52-29)13-50-57(47,48)54-56(45,46)49-12-16-22(53-55(42,43)44)21(39)27(51-16)36-15-35-20-24(30)33-14-34-25(20)36/h3-5,7,14-17,21-23,27,39-40H,6,8-13H2,1-2H3,(H,31,37)(H,32,41)(H,45,46)(H,47,48)(H2,30,33,34)(H2,42,43,44)/p-4/t16-,17?,21-,22-,23+,27-,29?/m1/s1. The number of aromatic nitrogens is 4. The molecule has 6 N–H and O–H groups in total. The quantitative estimate of drug-likeness (QED) is 0.0468. The average molecular weight is 898 g/mol. The third-order valence-electron chi connectivity index (χ3n) is 8.71. The molecule has 0 radical (unpaired) electrons. The van der Waals surface area contributed by atoms with Crippen LogP contribution >= 0.6 is 35.2 Å². The Kier molecular flexibility index (Phi) is 14.6. The molecule has 1 aliphatic carbocycles. The first-order valence-electron chi connectivity index (χ1n) is 17.0.